The van der Waals surface area contributed by atoms with Gasteiger partial charge in [-0.05, 0) is 13.3 Å². The van der Waals surface area contributed by atoms with Gasteiger partial charge in [-0.3, -0.25) is 0 Å². The van der Waals surface area contributed by atoms with Crippen molar-refractivity contribution in [3.8, 4) is 0 Å². The predicted molar refractivity (Wildman–Crippen MR) is 48.6 cm³/mol. The molecule has 66 valence electrons. The summed E-state index contributed by atoms with van der Waals surface area (Å²) in [6, 6.07) is 0.422. The van der Waals surface area contributed by atoms with Crippen molar-refractivity contribution in [2.24, 2.45) is 0 Å². The third-order valence-electron chi connectivity index (χ3n) is 1.48. The fourth-order valence-electron chi connectivity index (χ4n) is 0.807. The van der Waals surface area contributed by atoms with E-state index in [9.17, 15) is 5.11 Å². The molecule has 1 atom stereocenters. The zero-order valence-electron chi connectivity index (χ0n) is 7.72. The maximum Gasteiger partial charge on any atom is 0.0777 e. The van der Waals surface area contributed by atoms with Crippen LogP contribution in [0.3, 0.4) is 0 Å². The molecule has 0 aliphatic carbocycles. The minimum Gasteiger partial charge on any atom is -0.389 e. The Kier molecular flexibility index (Phi) is 4.38. The molecule has 0 bridgehead atoms. The Morgan fingerprint density at radius 3 is 2.55 bits per heavy atom. The highest BCUT2D eigenvalue weighted by Gasteiger charge is 2.17. The van der Waals surface area contributed by atoms with Gasteiger partial charge in [0.05, 0.1) is 5.60 Å². The Hall–Kier alpha value is -0.340. The lowest BCUT2D eigenvalue weighted by atomic mass is 10.0. The number of hydrogen-bond donors (Lipinski definition) is 2. The Morgan fingerprint density at radius 2 is 2.18 bits per heavy atom. The van der Waals surface area contributed by atoms with Crippen LogP contribution in [0.25, 0.3) is 0 Å². The number of rotatable bonds is 5. The summed E-state index contributed by atoms with van der Waals surface area (Å²) in [5.74, 6) is 0. The monoisotopic (exact) mass is 157 g/mol. The van der Waals surface area contributed by atoms with Gasteiger partial charge in [-0.25, -0.2) is 0 Å². The zero-order valence-corrected chi connectivity index (χ0v) is 7.72. The van der Waals surface area contributed by atoms with Crippen LogP contribution in [0.15, 0.2) is 12.7 Å². The molecule has 1 unspecified atom stereocenters. The van der Waals surface area contributed by atoms with E-state index in [-0.39, 0.29) is 0 Å². The highest BCUT2D eigenvalue weighted by molar-refractivity contribution is 4.84. The summed E-state index contributed by atoms with van der Waals surface area (Å²) >= 11 is 0. The van der Waals surface area contributed by atoms with Crippen LogP contribution < -0.4 is 5.32 Å². The highest BCUT2D eigenvalue weighted by atomic mass is 16.3. The molecular formula is C9H19NO. The van der Waals surface area contributed by atoms with Crippen LogP contribution in [0.2, 0.25) is 0 Å². The average molecular weight is 157 g/mol. The molecule has 0 fully saturated rings. The summed E-state index contributed by atoms with van der Waals surface area (Å²) in [5, 5.41) is 12.8. The molecule has 0 heterocycles. The molecule has 0 aromatic heterocycles. The molecule has 2 nitrogen and oxygen atoms in total. The Balaban J connectivity index is 3.62. The van der Waals surface area contributed by atoms with Crippen molar-refractivity contribution in [2.45, 2.75) is 38.8 Å². The van der Waals surface area contributed by atoms with E-state index < -0.39 is 5.60 Å². The van der Waals surface area contributed by atoms with Gasteiger partial charge >= 0.3 is 0 Å². The van der Waals surface area contributed by atoms with E-state index >= 15 is 0 Å². The van der Waals surface area contributed by atoms with E-state index in [1.165, 1.54) is 0 Å². The topological polar surface area (TPSA) is 32.3 Å². The van der Waals surface area contributed by atoms with Crippen molar-refractivity contribution in [3.63, 3.8) is 0 Å². The highest BCUT2D eigenvalue weighted by Crippen LogP contribution is 2.07. The van der Waals surface area contributed by atoms with E-state index in [4.69, 9.17) is 0 Å². The van der Waals surface area contributed by atoms with Crippen molar-refractivity contribution in [3.05, 3.63) is 12.7 Å². The van der Waals surface area contributed by atoms with Crippen LogP contribution in [0.4, 0.5) is 0 Å². The Labute approximate surface area is 69.3 Å². The van der Waals surface area contributed by atoms with Gasteiger partial charge in [-0.15, -0.1) is 6.58 Å². The van der Waals surface area contributed by atoms with E-state index in [0.29, 0.717) is 19.0 Å². The average Bonchev–Trinajstić information content (AvgIpc) is 1.84. The van der Waals surface area contributed by atoms with Crippen molar-refractivity contribution in [1.29, 1.82) is 0 Å². The minimum absolute atomic E-state index is 0.422. The summed E-state index contributed by atoms with van der Waals surface area (Å²) in [4.78, 5) is 0. The first-order valence-electron chi connectivity index (χ1n) is 4.04. The van der Waals surface area contributed by atoms with E-state index in [0.717, 1.165) is 0 Å². The number of aliphatic hydroxyl groups is 1. The maximum absolute atomic E-state index is 9.63. The summed E-state index contributed by atoms with van der Waals surface area (Å²) in [6.45, 7) is 10.1. The second-order valence-corrected chi connectivity index (χ2v) is 3.53. The molecule has 0 spiro atoms. The molecule has 0 radical (unpaired) electrons. The standard InChI is InChI=1S/C9H19NO/c1-5-6-9(4,11)7-10-8(2)3/h5,8,10-11H,1,6-7H2,2-4H3. The molecule has 0 amide bonds. The number of nitrogens with one attached hydrogen (secondary N) is 1. The lowest BCUT2D eigenvalue weighted by Crippen LogP contribution is -2.40. The molecule has 11 heavy (non-hydrogen) atoms. The third-order valence-corrected chi connectivity index (χ3v) is 1.48. The molecule has 0 aromatic rings. The van der Waals surface area contributed by atoms with Crippen LogP contribution in [-0.2, 0) is 0 Å². The van der Waals surface area contributed by atoms with E-state index in [1.54, 1.807) is 6.08 Å². The smallest absolute Gasteiger partial charge is 0.0777 e. The molecule has 2 heteroatoms. The normalized spacial score (nSPS) is 16.5. The first kappa shape index (κ1) is 10.7. The Morgan fingerprint density at radius 1 is 1.64 bits per heavy atom. The van der Waals surface area contributed by atoms with Crippen LogP contribution in [-0.4, -0.2) is 23.3 Å². The third kappa shape index (κ3) is 6.07. The fourth-order valence-corrected chi connectivity index (χ4v) is 0.807. The predicted octanol–water partition coefficient (Wildman–Crippen LogP) is 1.31. The van der Waals surface area contributed by atoms with Crippen molar-refractivity contribution < 1.29 is 5.11 Å². The van der Waals surface area contributed by atoms with Gasteiger partial charge in [0.1, 0.15) is 0 Å². The fraction of sp³-hybridized carbons (Fsp3) is 0.778. The summed E-state index contributed by atoms with van der Waals surface area (Å²) < 4.78 is 0. The van der Waals surface area contributed by atoms with Crippen molar-refractivity contribution in [2.75, 3.05) is 6.54 Å². The zero-order chi connectivity index (χ0) is 8.91. The van der Waals surface area contributed by atoms with Crippen LogP contribution in [0.1, 0.15) is 27.2 Å². The van der Waals surface area contributed by atoms with E-state index in [2.05, 4.69) is 25.7 Å². The largest absolute Gasteiger partial charge is 0.389 e. The molecule has 0 aliphatic heterocycles. The van der Waals surface area contributed by atoms with E-state index in [1.807, 2.05) is 6.92 Å². The summed E-state index contributed by atoms with van der Waals surface area (Å²) in [5.41, 5.74) is -0.647. The van der Waals surface area contributed by atoms with Crippen LogP contribution in [0.5, 0.6) is 0 Å². The van der Waals surface area contributed by atoms with Gasteiger partial charge in [0.25, 0.3) is 0 Å². The van der Waals surface area contributed by atoms with Gasteiger partial charge in [0.2, 0.25) is 0 Å². The van der Waals surface area contributed by atoms with Gasteiger partial charge < -0.3 is 10.4 Å². The second kappa shape index (κ2) is 4.52. The lowest BCUT2D eigenvalue weighted by molar-refractivity contribution is 0.0609. The molecule has 0 rings (SSSR count). The van der Waals surface area contributed by atoms with Crippen molar-refractivity contribution in [1.82, 2.24) is 5.32 Å². The second-order valence-electron chi connectivity index (χ2n) is 3.53. The van der Waals surface area contributed by atoms with Crippen LogP contribution in [0, 0.1) is 0 Å². The van der Waals surface area contributed by atoms with Gasteiger partial charge in [-0.1, -0.05) is 19.9 Å². The van der Waals surface area contributed by atoms with Gasteiger partial charge in [-0.2, -0.15) is 0 Å². The first-order valence-corrected chi connectivity index (χ1v) is 4.04. The van der Waals surface area contributed by atoms with Crippen molar-refractivity contribution >= 4 is 0 Å². The lowest BCUT2D eigenvalue weighted by Gasteiger charge is -2.23. The summed E-state index contributed by atoms with van der Waals surface area (Å²) in [7, 11) is 0. The van der Waals surface area contributed by atoms with Gasteiger partial charge in [0.15, 0.2) is 0 Å². The minimum atomic E-state index is -0.647. The molecular weight excluding hydrogens is 138 g/mol. The quantitative estimate of drug-likeness (QED) is 0.590. The number of hydrogen-bond acceptors (Lipinski definition) is 2. The molecule has 0 saturated carbocycles. The molecule has 0 aliphatic rings. The van der Waals surface area contributed by atoms with Crippen LogP contribution >= 0.6 is 0 Å². The molecule has 0 aromatic carbocycles. The SMILES string of the molecule is C=CCC(C)(O)CNC(C)C. The maximum atomic E-state index is 9.63. The first-order chi connectivity index (χ1) is 4.98. The molecule has 0 saturated heterocycles. The van der Waals surface area contributed by atoms with Gasteiger partial charge in [0, 0.05) is 12.6 Å². The Bertz CT molecular complexity index is 119. The molecule has 2 N–H and O–H groups in total. The summed E-state index contributed by atoms with van der Waals surface area (Å²) in [6.07, 6.45) is 2.37.